The van der Waals surface area contributed by atoms with Crippen molar-refractivity contribution in [2.45, 2.75) is 20.8 Å². The van der Waals surface area contributed by atoms with Crippen LogP contribution in [0.3, 0.4) is 0 Å². The number of ether oxygens (including phenoxy) is 3. The molecule has 0 aliphatic rings. The second kappa shape index (κ2) is 7.37. The highest BCUT2D eigenvalue weighted by Gasteiger charge is 2.06. The lowest BCUT2D eigenvalue weighted by Crippen LogP contribution is -2.03. The van der Waals surface area contributed by atoms with Crippen molar-refractivity contribution in [3.8, 4) is 11.5 Å². The first-order chi connectivity index (χ1) is 8.67. The molecule has 0 saturated heterocycles. The predicted octanol–water partition coefficient (Wildman–Crippen LogP) is 2.93. The van der Waals surface area contributed by atoms with Crippen molar-refractivity contribution < 1.29 is 19.0 Å². The van der Waals surface area contributed by atoms with Crippen LogP contribution in [0.2, 0.25) is 0 Å². The van der Waals surface area contributed by atoms with E-state index in [-0.39, 0.29) is 0 Å². The second-order valence-electron chi connectivity index (χ2n) is 3.49. The number of para-hydroxylation sites is 2. The molecule has 0 saturated carbocycles. The van der Waals surface area contributed by atoms with Crippen LogP contribution < -0.4 is 9.47 Å². The van der Waals surface area contributed by atoms with Gasteiger partial charge >= 0.3 is 5.97 Å². The number of hydrogen-bond donors (Lipinski definition) is 0. The van der Waals surface area contributed by atoms with Gasteiger partial charge in [-0.15, -0.1) is 0 Å². The molecule has 18 heavy (non-hydrogen) atoms. The zero-order valence-electron chi connectivity index (χ0n) is 10.9. The largest absolute Gasteiger partial charge is 0.490 e. The van der Waals surface area contributed by atoms with Gasteiger partial charge in [0.05, 0.1) is 19.3 Å². The minimum absolute atomic E-state index is 0.345. The molecule has 0 radical (unpaired) electrons. The Morgan fingerprint density at radius 2 is 1.83 bits per heavy atom. The lowest BCUT2D eigenvalue weighted by atomic mass is 10.3. The van der Waals surface area contributed by atoms with E-state index < -0.39 is 5.97 Å². The van der Waals surface area contributed by atoms with E-state index in [0.29, 0.717) is 30.5 Å². The van der Waals surface area contributed by atoms with Gasteiger partial charge in [0.15, 0.2) is 11.5 Å². The molecule has 0 unspecified atom stereocenters. The molecule has 0 bridgehead atoms. The third-order valence-corrected chi connectivity index (χ3v) is 2.03. The van der Waals surface area contributed by atoms with Gasteiger partial charge in [-0.25, -0.2) is 4.79 Å². The van der Waals surface area contributed by atoms with Gasteiger partial charge in [0.1, 0.15) is 5.76 Å². The van der Waals surface area contributed by atoms with Crippen LogP contribution in [0.4, 0.5) is 0 Å². The molecule has 0 aromatic heterocycles. The summed E-state index contributed by atoms with van der Waals surface area (Å²) in [6.45, 7) is 6.25. The molecule has 1 aromatic rings. The van der Waals surface area contributed by atoms with E-state index in [0.717, 1.165) is 0 Å². The average molecular weight is 250 g/mol. The Labute approximate surface area is 107 Å². The Bertz CT molecular complexity index is 424. The fourth-order valence-corrected chi connectivity index (χ4v) is 1.36. The number of carbonyl (C=O) groups excluding carboxylic acids is 1. The maximum atomic E-state index is 11.2. The number of benzene rings is 1. The van der Waals surface area contributed by atoms with E-state index in [1.54, 1.807) is 19.9 Å². The highest BCUT2D eigenvalue weighted by molar-refractivity contribution is 5.82. The summed E-state index contributed by atoms with van der Waals surface area (Å²) in [6, 6.07) is 7.31. The standard InChI is InChI=1S/C14H18O4/c1-4-16-12-8-6-7-9-13(12)18-11(3)10-14(15)17-5-2/h6-10H,4-5H2,1-3H3. The minimum Gasteiger partial charge on any atom is -0.490 e. The maximum absolute atomic E-state index is 11.2. The summed E-state index contributed by atoms with van der Waals surface area (Å²) in [5, 5.41) is 0. The van der Waals surface area contributed by atoms with Gasteiger partial charge in [0.2, 0.25) is 0 Å². The molecule has 4 heteroatoms. The lowest BCUT2D eigenvalue weighted by Gasteiger charge is -2.11. The van der Waals surface area contributed by atoms with Gasteiger partial charge in [-0.1, -0.05) is 12.1 Å². The van der Waals surface area contributed by atoms with Crippen molar-refractivity contribution in [1.82, 2.24) is 0 Å². The third-order valence-electron chi connectivity index (χ3n) is 2.03. The van der Waals surface area contributed by atoms with Crippen LogP contribution in [0, 0.1) is 0 Å². The number of esters is 1. The first kappa shape index (κ1) is 14.1. The molecule has 0 spiro atoms. The van der Waals surface area contributed by atoms with Gasteiger partial charge < -0.3 is 14.2 Å². The summed E-state index contributed by atoms with van der Waals surface area (Å²) in [6.07, 6.45) is 1.31. The van der Waals surface area contributed by atoms with Gasteiger partial charge in [-0.05, 0) is 32.9 Å². The van der Waals surface area contributed by atoms with Crippen LogP contribution >= 0.6 is 0 Å². The summed E-state index contributed by atoms with van der Waals surface area (Å²) in [5.74, 6) is 1.28. The minimum atomic E-state index is -0.413. The number of carbonyl (C=O) groups is 1. The Morgan fingerprint density at radius 1 is 1.17 bits per heavy atom. The van der Waals surface area contributed by atoms with Crippen molar-refractivity contribution in [3.05, 3.63) is 36.1 Å². The van der Waals surface area contributed by atoms with Gasteiger partial charge in [-0.3, -0.25) is 0 Å². The van der Waals surface area contributed by atoms with E-state index >= 15 is 0 Å². The van der Waals surface area contributed by atoms with Crippen LogP contribution in [0.1, 0.15) is 20.8 Å². The zero-order chi connectivity index (χ0) is 13.4. The Hall–Kier alpha value is -1.97. The monoisotopic (exact) mass is 250 g/mol. The molecule has 0 N–H and O–H groups in total. The van der Waals surface area contributed by atoms with Crippen LogP contribution in [-0.2, 0) is 9.53 Å². The highest BCUT2D eigenvalue weighted by atomic mass is 16.5. The van der Waals surface area contributed by atoms with E-state index in [4.69, 9.17) is 14.2 Å². The van der Waals surface area contributed by atoms with E-state index in [2.05, 4.69) is 0 Å². The first-order valence-corrected chi connectivity index (χ1v) is 5.92. The Kier molecular flexibility index (Phi) is 5.77. The molecule has 4 nitrogen and oxygen atoms in total. The molecule has 0 heterocycles. The zero-order valence-corrected chi connectivity index (χ0v) is 10.9. The first-order valence-electron chi connectivity index (χ1n) is 5.92. The summed E-state index contributed by atoms with van der Waals surface area (Å²) in [5.41, 5.74) is 0. The topological polar surface area (TPSA) is 44.8 Å². The molecule has 0 aliphatic heterocycles. The summed E-state index contributed by atoms with van der Waals surface area (Å²) in [7, 11) is 0. The molecule has 0 amide bonds. The van der Waals surface area contributed by atoms with Gasteiger partial charge in [-0.2, -0.15) is 0 Å². The molecule has 0 atom stereocenters. The Balaban J connectivity index is 2.74. The molecular weight excluding hydrogens is 232 g/mol. The van der Waals surface area contributed by atoms with Gasteiger partial charge in [0, 0.05) is 0 Å². The normalized spacial score (nSPS) is 10.9. The summed E-state index contributed by atoms with van der Waals surface area (Å²) >= 11 is 0. The predicted molar refractivity (Wildman–Crippen MR) is 68.6 cm³/mol. The molecular formula is C14H18O4. The van der Waals surface area contributed by atoms with Crippen molar-refractivity contribution in [2.24, 2.45) is 0 Å². The molecule has 0 aliphatic carbocycles. The smallest absolute Gasteiger partial charge is 0.334 e. The molecule has 1 rings (SSSR count). The maximum Gasteiger partial charge on any atom is 0.334 e. The van der Waals surface area contributed by atoms with Crippen molar-refractivity contribution in [1.29, 1.82) is 0 Å². The summed E-state index contributed by atoms with van der Waals surface area (Å²) in [4.78, 5) is 11.2. The second-order valence-corrected chi connectivity index (χ2v) is 3.49. The summed E-state index contributed by atoms with van der Waals surface area (Å²) < 4.78 is 15.8. The van der Waals surface area contributed by atoms with Crippen LogP contribution in [0.5, 0.6) is 11.5 Å². The van der Waals surface area contributed by atoms with E-state index in [1.807, 2.05) is 25.1 Å². The SMILES string of the molecule is CCOC(=O)C=C(C)Oc1ccccc1OCC. The third kappa shape index (κ3) is 4.49. The van der Waals surface area contributed by atoms with Crippen LogP contribution in [0.25, 0.3) is 0 Å². The van der Waals surface area contributed by atoms with Crippen molar-refractivity contribution >= 4 is 5.97 Å². The Morgan fingerprint density at radius 3 is 2.44 bits per heavy atom. The fourth-order valence-electron chi connectivity index (χ4n) is 1.36. The number of allylic oxidation sites excluding steroid dienone is 1. The quantitative estimate of drug-likeness (QED) is 0.442. The highest BCUT2D eigenvalue weighted by Crippen LogP contribution is 2.27. The van der Waals surface area contributed by atoms with Crippen molar-refractivity contribution in [3.63, 3.8) is 0 Å². The number of hydrogen-bond acceptors (Lipinski definition) is 4. The molecule has 0 fully saturated rings. The van der Waals surface area contributed by atoms with Crippen LogP contribution in [0.15, 0.2) is 36.1 Å². The van der Waals surface area contributed by atoms with E-state index in [1.165, 1.54) is 6.08 Å². The van der Waals surface area contributed by atoms with Crippen LogP contribution in [-0.4, -0.2) is 19.2 Å². The fraction of sp³-hybridized carbons (Fsp3) is 0.357. The van der Waals surface area contributed by atoms with Crippen molar-refractivity contribution in [2.75, 3.05) is 13.2 Å². The average Bonchev–Trinajstić information content (AvgIpc) is 2.32. The molecule has 1 aromatic carbocycles. The van der Waals surface area contributed by atoms with Gasteiger partial charge in [0.25, 0.3) is 0 Å². The molecule has 98 valence electrons. The van der Waals surface area contributed by atoms with E-state index in [9.17, 15) is 4.79 Å². The lowest BCUT2D eigenvalue weighted by molar-refractivity contribution is -0.137. The number of rotatable bonds is 6.